The summed E-state index contributed by atoms with van der Waals surface area (Å²) in [7, 11) is 4.77. The highest BCUT2D eigenvalue weighted by Gasteiger charge is 2.45. The van der Waals surface area contributed by atoms with Crippen LogP contribution in [0.5, 0.6) is 17.2 Å². The smallest absolute Gasteiger partial charge is 0.330 e. The molecule has 178 valence electrons. The van der Waals surface area contributed by atoms with E-state index in [2.05, 4.69) is 29.2 Å². The van der Waals surface area contributed by atoms with Crippen LogP contribution in [-0.2, 0) is 14.3 Å². The zero-order valence-electron chi connectivity index (χ0n) is 20.0. The highest BCUT2D eigenvalue weighted by molar-refractivity contribution is 7.99. The van der Waals surface area contributed by atoms with Crippen molar-refractivity contribution in [2.45, 2.75) is 42.8 Å². The van der Waals surface area contributed by atoms with E-state index in [9.17, 15) is 4.79 Å². The van der Waals surface area contributed by atoms with E-state index in [-0.39, 0.29) is 10.7 Å². The standard InChI is InChI=1S/C27H34O5S/c1-29-21-14-12-20(13-15-21)27(33-4)19-32-25-18-22(30-2)16-17-23(25)24(27)10-8-6-5-7-9-11-26(28)31-3/h9,11-18,24H,5-8,10,19H2,1-4H3. The number of hydrogen-bond acceptors (Lipinski definition) is 6. The van der Waals surface area contributed by atoms with Crippen molar-refractivity contribution in [1.29, 1.82) is 0 Å². The van der Waals surface area contributed by atoms with Gasteiger partial charge in [-0.25, -0.2) is 4.79 Å². The number of allylic oxidation sites excluding steroid dienone is 1. The third kappa shape index (κ3) is 5.85. The molecule has 0 N–H and O–H groups in total. The van der Waals surface area contributed by atoms with Crippen LogP contribution in [-0.4, -0.2) is 40.2 Å². The summed E-state index contributed by atoms with van der Waals surface area (Å²) in [6.07, 6.45) is 10.7. The minimum atomic E-state index is -0.298. The minimum Gasteiger partial charge on any atom is -0.497 e. The SMILES string of the molecule is COC(=O)C=CCCCCCC1c2ccc(OC)cc2OCC1(SC)c1ccc(OC)cc1. The summed E-state index contributed by atoms with van der Waals surface area (Å²) in [6, 6.07) is 14.6. The van der Waals surface area contributed by atoms with Crippen LogP contribution in [0.15, 0.2) is 54.6 Å². The molecule has 0 aromatic heterocycles. The second-order valence-corrected chi connectivity index (χ2v) is 9.27. The van der Waals surface area contributed by atoms with Gasteiger partial charge in [0.2, 0.25) is 0 Å². The van der Waals surface area contributed by atoms with Gasteiger partial charge in [0, 0.05) is 18.1 Å². The number of ether oxygens (including phenoxy) is 4. The molecular formula is C27H34O5S. The maximum Gasteiger partial charge on any atom is 0.330 e. The third-order valence-corrected chi connectivity index (χ3v) is 7.73. The molecule has 2 aromatic carbocycles. The third-order valence-electron chi connectivity index (χ3n) is 6.36. The number of benzene rings is 2. The fraction of sp³-hybridized carbons (Fsp3) is 0.444. The van der Waals surface area contributed by atoms with E-state index < -0.39 is 0 Å². The monoisotopic (exact) mass is 470 g/mol. The van der Waals surface area contributed by atoms with Crippen LogP contribution in [0.2, 0.25) is 0 Å². The number of rotatable bonds is 11. The summed E-state index contributed by atoms with van der Waals surface area (Å²) in [5, 5.41) is 0. The molecule has 33 heavy (non-hydrogen) atoms. The first-order valence-electron chi connectivity index (χ1n) is 11.3. The quantitative estimate of drug-likeness (QED) is 0.224. The zero-order valence-corrected chi connectivity index (χ0v) is 20.8. The number of thioether (sulfide) groups is 1. The van der Waals surface area contributed by atoms with Crippen LogP contribution < -0.4 is 14.2 Å². The van der Waals surface area contributed by atoms with E-state index in [1.165, 1.54) is 24.3 Å². The Bertz CT molecular complexity index is 940. The van der Waals surface area contributed by atoms with Gasteiger partial charge in [-0.3, -0.25) is 0 Å². The summed E-state index contributed by atoms with van der Waals surface area (Å²) in [4.78, 5) is 11.2. The highest BCUT2D eigenvalue weighted by Crippen LogP contribution is 2.55. The fourth-order valence-electron chi connectivity index (χ4n) is 4.49. The fourth-order valence-corrected chi connectivity index (χ4v) is 5.57. The van der Waals surface area contributed by atoms with Crippen LogP contribution in [0.1, 0.15) is 49.1 Å². The van der Waals surface area contributed by atoms with Gasteiger partial charge in [0.15, 0.2) is 0 Å². The van der Waals surface area contributed by atoms with Crippen LogP contribution in [0.25, 0.3) is 0 Å². The Hall–Kier alpha value is -2.60. The molecule has 1 aliphatic rings. The maximum atomic E-state index is 11.2. The number of methoxy groups -OCH3 is 3. The molecule has 0 amide bonds. The molecule has 0 spiro atoms. The lowest BCUT2D eigenvalue weighted by molar-refractivity contribution is -0.134. The summed E-state index contributed by atoms with van der Waals surface area (Å²) in [5.74, 6) is 2.59. The molecule has 0 aliphatic carbocycles. The number of carbonyl (C=O) groups excluding carboxylic acids is 1. The summed E-state index contributed by atoms with van der Waals surface area (Å²) < 4.78 is 21.6. The second-order valence-electron chi connectivity index (χ2n) is 8.13. The van der Waals surface area contributed by atoms with Gasteiger partial charge >= 0.3 is 5.97 Å². The van der Waals surface area contributed by atoms with Crippen molar-refractivity contribution in [1.82, 2.24) is 0 Å². The molecule has 2 aromatic rings. The lowest BCUT2D eigenvalue weighted by Gasteiger charge is -2.44. The average Bonchev–Trinajstić information content (AvgIpc) is 2.87. The molecule has 1 heterocycles. The van der Waals surface area contributed by atoms with E-state index in [0.717, 1.165) is 49.4 Å². The molecule has 5 nitrogen and oxygen atoms in total. The Kier molecular flexibility index (Phi) is 9.12. The number of carbonyl (C=O) groups is 1. The zero-order chi connectivity index (χ0) is 23.7. The first-order valence-corrected chi connectivity index (χ1v) is 12.5. The van der Waals surface area contributed by atoms with Gasteiger partial charge in [-0.15, -0.1) is 11.8 Å². The van der Waals surface area contributed by atoms with Gasteiger partial charge in [0.1, 0.15) is 23.9 Å². The second kappa shape index (κ2) is 12.0. The van der Waals surface area contributed by atoms with Crippen molar-refractivity contribution < 1.29 is 23.7 Å². The largest absolute Gasteiger partial charge is 0.497 e. The van der Waals surface area contributed by atoms with E-state index in [4.69, 9.17) is 14.2 Å². The Balaban J connectivity index is 1.80. The molecule has 2 atom stereocenters. The van der Waals surface area contributed by atoms with Crippen LogP contribution in [0.3, 0.4) is 0 Å². The van der Waals surface area contributed by atoms with E-state index in [1.807, 2.05) is 42.1 Å². The summed E-state index contributed by atoms with van der Waals surface area (Å²) >= 11 is 1.86. The van der Waals surface area contributed by atoms with Crippen molar-refractivity contribution in [3.63, 3.8) is 0 Å². The average molecular weight is 471 g/mol. The molecular weight excluding hydrogens is 436 g/mol. The number of hydrogen-bond donors (Lipinski definition) is 0. The van der Waals surface area contributed by atoms with Crippen molar-refractivity contribution >= 4 is 17.7 Å². The first-order chi connectivity index (χ1) is 16.1. The lowest BCUT2D eigenvalue weighted by atomic mass is 9.76. The van der Waals surface area contributed by atoms with E-state index in [1.54, 1.807) is 14.2 Å². The van der Waals surface area contributed by atoms with Gasteiger partial charge in [-0.2, -0.15) is 0 Å². The lowest BCUT2D eigenvalue weighted by Crippen LogP contribution is -2.40. The van der Waals surface area contributed by atoms with Crippen molar-refractivity contribution in [2.75, 3.05) is 34.2 Å². The van der Waals surface area contributed by atoms with Gasteiger partial charge in [0.05, 0.1) is 26.1 Å². The van der Waals surface area contributed by atoms with Gasteiger partial charge in [-0.1, -0.05) is 37.1 Å². The Morgan fingerprint density at radius 1 is 1.06 bits per heavy atom. The molecule has 3 rings (SSSR count). The Labute approximate surface area is 201 Å². The Morgan fingerprint density at radius 2 is 1.79 bits per heavy atom. The molecule has 0 bridgehead atoms. The highest BCUT2D eigenvalue weighted by atomic mass is 32.2. The molecule has 0 saturated heterocycles. The Morgan fingerprint density at radius 3 is 2.45 bits per heavy atom. The topological polar surface area (TPSA) is 54.0 Å². The molecule has 1 aliphatic heterocycles. The van der Waals surface area contributed by atoms with Crippen molar-refractivity contribution in [3.05, 3.63) is 65.7 Å². The van der Waals surface area contributed by atoms with Gasteiger partial charge < -0.3 is 18.9 Å². The number of unbranched alkanes of at least 4 members (excludes halogenated alkanes) is 3. The maximum absolute atomic E-state index is 11.2. The van der Waals surface area contributed by atoms with Crippen molar-refractivity contribution in [2.24, 2.45) is 0 Å². The molecule has 0 saturated carbocycles. The predicted molar refractivity (Wildman–Crippen MR) is 134 cm³/mol. The molecule has 6 heteroatoms. The first kappa shape index (κ1) is 25.0. The van der Waals surface area contributed by atoms with Crippen LogP contribution in [0.4, 0.5) is 0 Å². The van der Waals surface area contributed by atoms with Crippen molar-refractivity contribution in [3.8, 4) is 17.2 Å². The van der Waals surface area contributed by atoms with Gasteiger partial charge in [0.25, 0.3) is 0 Å². The molecule has 0 fully saturated rings. The van der Waals surface area contributed by atoms with E-state index in [0.29, 0.717) is 12.5 Å². The van der Waals surface area contributed by atoms with Crippen LogP contribution in [0, 0.1) is 0 Å². The minimum absolute atomic E-state index is 0.182. The number of fused-ring (bicyclic) bond motifs is 1. The molecule has 0 radical (unpaired) electrons. The summed E-state index contributed by atoms with van der Waals surface area (Å²) in [5.41, 5.74) is 2.49. The number of esters is 1. The normalized spacial score (nSPS) is 19.6. The summed E-state index contributed by atoms with van der Waals surface area (Å²) in [6.45, 7) is 0.604. The van der Waals surface area contributed by atoms with Gasteiger partial charge in [-0.05, 0) is 54.8 Å². The molecule has 2 unspecified atom stereocenters. The van der Waals surface area contributed by atoms with E-state index >= 15 is 0 Å². The predicted octanol–water partition coefficient (Wildman–Crippen LogP) is 6.12. The van der Waals surface area contributed by atoms with Crippen LogP contribution >= 0.6 is 11.8 Å².